The number of halogens is 1. The summed E-state index contributed by atoms with van der Waals surface area (Å²) in [6, 6.07) is 10.7. The van der Waals surface area contributed by atoms with Gasteiger partial charge in [0, 0.05) is 23.1 Å². The van der Waals surface area contributed by atoms with E-state index in [1.54, 1.807) is 37.4 Å². The molecular weight excluding hydrogens is 312 g/mol. The van der Waals surface area contributed by atoms with Gasteiger partial charge in [-0.2, -0.15) is 5.26 Å². The zero-order valence-corrected chi connectivity index (χ0v) is 13.5. The maximum atomic E-state index is 12.2. The third-order valence-corrected chi connectivity index (χ3v) is 3.57. The van der Waals surface area contributed by atoms with E-state index < -0.39 is 5.91 Å². The maximum Gasteiger partial charge on any atom is 0.267 e. The molecule has 1 aromatic heterocycles. The van der Waals surface area contributed by atoms with Gasteiger partial charge in [-0.25, -0.2) is 4.98 Å². The molecule has 5 nitrogen and oxygen atoms in total. The molecule has 2 aromatic rings. The lowest BCUT2D eigenvalue weighted by Crippen LogP contribution is -2.15. The van der Waals surface area contributed by atoms with E-state index in [-0.39, 0.29) is 5.57 Å². The van der Waals surface area contributed by atoms with Gasteiger partial charge in [0.25, 0.3) is 5.91 Å². The van der Waals surface area contributed by atoms with E-state index in [0.29, 0.717) is 16.5 Å². The Morgan fingerprint density at radius 2 is 2.09 bits per heavy atom. The van der Waals surface area contributed by atoms with Crippen molar-refractivity contribution in [3.8, 4) is 6.07 Å². The Hall–Kier alpha value is -2.84. The molecule has 0 saturated heterocycles. The molecule has 2 rings (SSSR count). The highest BCUT2D eigenvalue weighted by Gasteiger charge is 2.11. The number of hydrogen-bond donors (Lipinski definition) is 2. The number of anilines is 2. The molecular formula is C17H15ClN4O. The molecule has 116 valence electrons. The molecule has 0 aliphatic heterocycles. The summed E-state index contributed by atoms with van der Waals surface area (Å²) in [6.45, 7) is 3.72. The van der Waals surface area contributed by atoms with Crippen LogP contribution in [0.1, 0.15) is 11.1 Å². The molecule has 6 heteroatoms. The second-order valence-corrected chi connectivity index (χ2v) is 5.31. The van der Waals surface area contributed by atoms with Crippen molar-refractivity contribution in [2.45, 2.75) is 13.8 Å². The summed E-state index contributed by atoms with van der Waals surface area (Å²) >= 11 is 6.01. The first-order valence-electron chi connectivity index (χ1n) is 6.87. The van der Waals surface area contributed by atoms with Gasteiger partial charge in [-0.1, -0.05) is 23.7 Å². The molecule has 0 unspecified atom stereocenters. The largest absolute Gasteiger partial charge is 0.345 e. The Bertz CT molecular complexity index is 791. The highest BCUT2D eigenvalue weighted by Crippen LogP contribution is 2.23. The van der Waals surface area contributed by atoms with E-state index in [4.69, 9.17) is 16.9 Å². The van der Waals surface area contributed by atoms with Crippen LogP contribution in [0, 0.1) is 25.2 Å². The lowest BCUT2D eigenvalue weighted by molar-refractivity contribution is -0.112. The van der Waals surface area contributed by atoms with Crippen LogP contribution in [0.2, 0.25) is 5.02 Å². The van der Waals surface area contributed by atoms with Crippen molar-refractivity contribution in [1.29, 1.82) is 5.26 Å². The summed E-state index contributed by atoms with van der Waals surface area (Å²) in [4.78, 5) is 16.3. The molecule has 1 amide bonds. The Labute approximate surface area is 139 Å². The minimum Gasteiger partial charge on any atom is -0.345 e. The SMILES string of the molecule is Cc1ccc(N/C=C(/C#N)C(=O)Nc2cccc(Cl)c2C)nc1. The Morgan fingerprint density at radius 3 is 2.74 bits per heavy atom. The van der Waals surface area contributed by atoms with E-state index in [1.807, 2.05) is 19.1 Å². The first-order chi connectivity index (χ1) is 11.0. The number of benzene rings is 1. The molecule has 0 radical (unpaired) electrons. The molecule has 0 aliphatic rings. The van der Waals surface area contributed by atoms with Crippen LogP contribution in [-0.4, -0.2) is 10.9 Å². The van der Waals surface area contributed by atoms with Crippen molar-refractivity contribution in [3.63, 3.8) is 0 Å². The van der Waals surface area contributed by atoms with Crippen LogP contribution in [0.4, 0.5) is 11.5 Å². The molecule has 0 aliphatic carbocycles. The van der Waals surface area contributed by atoms with E-state index in [1.165, 1.54) is 6.20 Å². The topological polar surface area (TPSA) is 77.8 Å². The highest BCUT2D eigenvalue weighted by molar-refractivity contribution is 6.31. The van der Waals surface area contributed by atoms with E-state index in [9.17, 15) is 4.79 Å². The second kappa shape index (κ2) is 7.43. The van der Waals surface area contributed by atoms with E-state index in [2.05, 4.69) is 15.6 Å². The number of nitriles is 1. The van der Waals surface area contributed by atoms with Crippen LogP contribution >= 0.6 is 11.6 Å². The third kappa shape index (κ3) is 4.31. The van der Waals surface area contributed by atoms with Gasteiger partial charge in [0.15, 0.2) is 0 Å². The quantitative estimate of drug-likeness (QED) is 0.661. The Kier molecular flexibility index (Phi) is 5.34. The molecule has 0 bridgehead atoms. The van der Waals surface area contributed by atoms with Gasteiger partial charge in [-0.3, -0.25) is 4.79 Å². The van der Waals surface area contributed by atoms with Crippen molar-refractivity contribution in [2.24, 2.45) is 0 Å². The van der Waals surface area contributed by atoms with Gasteiger partial charge in [-0.05, 0) is 43.2 Å². The van der Waals surface area contributed by atoms with Gasteiger partial charge in [0.05, 0.1) is 0 Å². The number of carbonyl (C=O) groups excluding carboxylic acids is 1. The second-order valence-electron chi connectivity index (χ2n) is 4.90. The number of hydrogen-bond acceptors (Lipinski definition) is 4. The van der Waals surface area contributed by atoms with Crippen LogP contribution in [0.5, 0.6) is 0 Å². The summed E-state index contributed by atoms with van der Waals surface area (Å²) in [5, 5.41) is 15.2. The fraction of sp³-hybridized carbons (Fsp3) is 0.118. The first-order valence-corrected chi connectivity index (χ1v) is 7.25. The van der Waals surface area contributed by atoms with Crippen LogP contribution in [0.3, 0.4) is 0 Å². The Morgan fingerprint density at radius 1 is 1.30 bits per heavy atom. The van der Waals surface area contributed by atoms with Crippen molar-refractivity contribution < 1.29 is 4.79 Å². The average molecular weight is 327 g/mol. The van der Waals surface area contributed by atoms with Gasteiger partial charge < -0.3 is 10.6 Å². The first kappa shape index (κ1) is 16.5. The molecule has 0 atom stereocenters. The van der Waals surface area contributed by atoms with Gasteiger partial charge in [0.1, 0.15) is 17.5 Å². The fourth-order valence-electron chi connectivity index (χ4n) is 1.78. The number of amides is 1. The molecule has 0 fully saturated rings. The van der Waals surface area contributed by atoms with Crippen LogP contribution < -0.4 is 10.6 Å². The smallest absolute Gasteiger partial charge is 0.267 e. The van der Waals surface area contributed by atoms with Crippen LogP contribution in [0.25, 0.3) is 0 Å². The van der Waals surface area contributed by atoms with Crippen molar-refractivity contribution in [2.75, 3.05) is 10.6 Å². The van der Waals surface area contributed by atoms with Crippen molar-refractivity contribution in [1.82, 2.24) is 4.98 Å². The predicted octanol–water partition coefficient (Wildman–Crippen LogP) is 3.81. The normalized spacial score (nSPS) is 10.8. The van der Waals surface area contributed by atoms with E-state index in [0.717, 1.165) is 11.1 Å². The minimum atomic E-state index is -0.516. The number of rotatable bonds is 4. The summed E-state index contributed by atoms with van der Waals surface area (Å²) in [5.74, 6) is 0.0348. The number of pyridine rings is 1. The maximum absolute atomic E-state index is 12.2. The molecule has 2 N–H and O–H groups in total. The van der Waals surface area contributed by atoms with E-state index >= 15 is 0 Å². The number of aryl methyl sites for hydroxylation is 1. The van der Waals surface area contributed by atoms with Gasteiger partial charge in [0.2, 0.25) is 0 Å². The lowest BCUT2D eigenvalue weighted by atomic mass is 10.2. The summed E-state index contributed by atoms with van der Waals surface area (Å²) < 4.78 is 0. The highest BCUT2D eigenvalue weighted by atomic mass is 35.5. The number of carbonyl (C=O) groups is 1. The third-order valence-electron chi connectivity index (χ3n) is 3.16. The summed E-state index contributed by atoms with van der Waals surface area (Å²) in [7, 11) is 0. The molecule has 1 aromatic carbocycles. The molecule has 0 saturated carbocycles. The predicted molar refractivity (Wildman–Crippen MR) is 91.1 cm³/mol. The van der Waals surface area contributed by atoms with Gasteiger partial charge in [-0.15, -0.1) is 0 Å². The van der Waals surface area contributed by atoms with Crippen molar-refractivity contribution >= 4 is 29.0 Å². The zero-order chi connectivity index (χ0) is 16.8. The average Bonchev–Trinajstić information content (AvgIpc) is 2.54. The summed E-state index contributed by atoms with van der Waals surface area (Å²) in [5.41, 5.74) is 2.27. The van der Waals surface area contributed by atoms with Crippen molar-refractivity contribution in [3.05, 3.63) is 64.5 Å². The molecule has 0 spiro atoms. The zero-order valence-electron chi connectivity index (χ0n) is 12.7. The number of aromatic nitrogens is 1. The Balaban J connectivity index is 2.12. The van der Waals surface area contributed by atoms with Crippen LogP contribution in [-0.2, 0) is 4.79 Å². The minimum absolute atomic E-state index is 0.0632. The van der Waals surface area contributed by atoms with Crippen LogP contribution in [0.15, 0.2) is 48.3 Å². The summed E-state index contributed by atoms with van der Waals surface area (Å²) in [6.07, 6.45) is 3.02. The van der Waals surface area contributed by atoms with Gasteiger partial charge >= 0.3 is 0 Å². The number of nitrogens with zero attached hydrogens (tertiary/aromatic N) is 2. The fourth-order valence-corrected chi connectivity index (χ4v) is 1.95. The number of nitrogens with one attached hydrogen (secondary N) is 2. The lowest BCUT2D eigenvalue weighted by Gasteiger charge is -2.09. The molecule has 1 heterocycles. The monoisotopic (exact) mass is 326 g/mol. The standard InChI is InChI=1S/C17H15ClN4O/c1-11-6-7-16(20-9-11)21-10-13(8-19)17(23)22-15-5-3-4-14(18)12(15)2/h3-7,9-10H,1-2H3,(H,20,21)(H,22,23)/b13-10-. The molecule has 23 heavy (non-hydrogen) atoms.